The molecule has 0 saturated heterocycles. The van der Waals surface area contributed by atoms with Gasteiger partial charge in [0.1, 0.15) is 11.5 Å². The van der Waals surface area contributed by atoms with E-state index in [1.54, 1.807) is 6.07 Å². The van der Waals surface area contributed by atoms with E-state index < -0.39 is 17.8 Å². The summed E-state index contributed by atoms with van der Waals surface area (Å²) in [6, 6.07) is 5.04. The van der Waals surface area contributed by atoms with Crippen molar-refractivity contribution in [2.75, 3.05) is 0 Å². The Labute approximate surface area is 115 Å². The highest BCUT2D eigenvalue weighted by atomic mass is 32.1. The molecule has 0 amide bonds. The van der Waals surface area contributed by atoms with E-state index in [0.717, 1.165) is 19.2 Å². The number of rotatable bonds is 1. The summed E-state index contributed by atoms with van der Waals surface area (Å²) in [6.07, 6.45) is -4.70. The lowest BCUT2D eigenvalue weighted by atomic mass is 10.2. The topological polar surface area (TPSA) is 46.5 Å². The molecule has 0 bridgehead atoms. The second-order valence-corrected chi connectivity index (χ2v) is 4.22. The molecule has 104 valence electrons. The van der Waals surface area contributed by atoms with Crippen molar-refractivity contribution in [2.45, 2.75) is 6.18 Å². The molecule has 0 aliphatic carbocycles. The minimum Gasteiger partial charge on any atom is -0.299 e. The first kappa shape index (κ1) is 14.2. The van der Waals surface area contributed by atoms with Gasteiger partial charge in [-0.3, -0.25) is 4.57 Å². The predicted octanol–water partition coefficient (Wildman–Crippen LogP) is 2.97. The van der Waals surface area contributed by atoms with Gasteiger partial charge in [-0.1, -0.05) is 0 Å². The number of benzene rings is 1. The van der Waals surface area contributed by atoms with Gasteiger partial charge in [0.05, 0.1) is 11.6 Å². The van der Waals surface area contributed by atoms with Crippen LogP contribution in [-0.2, 0) is 13.2 Å². The van der Waals surface area contributed by atoms with Crippen molar-refractivity contribution in [1.82, 2.24) is 14.3 Å². The standard InChI is InChI=1S/C11H6F4N4S/c1-18-9(11(13,14)15)17-19(10(18)20)8-3-2-6(5-16)4-7(8)12/h2-4H,1H3. The highest BCUT2D eigenvalue weighted by Crippen LogP contribution is 2.28. The molecule has 0 spiro atoms. The van der Waals surface area contributed by atoms with Crippen LogP contribution in [0.4, 0.5) is 17.6 Å². The van der Waals surface area contributed by atoms with Gasteiger partial charge in [-0.05, 0) is 30.4 Å². The predicted molar refractivity (Wildman–Crippen MR) is 63.0 cm³/mol. The third-order valence-corrected chi connectivity index (χ3v) is 2.99. The van der Waals surface area contributed by atoms with E-state index in [1.165, 1.54) is 6.07 Å². The van der Waals surface area contributed by atoms with E-state index in [-0.39, 0.29) is 16.0 Å². The lowest BCUT2D eigenvalue weighted by Gasteiger charge is -2.03. The number of nitriles is 1. The Morgan fingerprint density at radius 1 is 1.35 bits per heavy atom. The molecular weight excluding hydrogens is 296 g/mol. The Morgan fingerprint density at radius 2 is 2.00 bits per heavy atom. The molecule has 4 nitrogen and oxygen atoms in total. The third-order valence-electron chi connectivity index (χ3n) is 2.54. The maximum absolute atomic E-state index is 13.8. The molecule has 1 heterocycles. The molecule has 0 saturated carbocycles. The Hall–Kier alpha value is -2.21. The van der Waals surface area contributed by atoms with Crippen LogP contribution in [0.25, 0.3) is 5.69 Å². The third kappa shape index (κ3) is 2.30. The van der Waals surface area contributed by atoms with Gasteiger partial charge in [0, 0.05) is 7.05 Å². The summed E-state index contributed by atoms with van der Waals surface area (Å²) in [4.78, 5) is 0. The van der Waals surface area contributed by atoms with Gasteiger partial charge in [0.25, 0.3) is 0 Å². The summed E-state index contributed by atoms with van der Waals surface area (Å²) < 4.78 is 52.9. The van der Waals surface area contributed by atoms with Crippen LogP contribution in [-0.4, -0.2) is 14.3 Å². The fourth-order valence-electron chi connectivity index (χ4n) is 1.59. The first-order valence-corrected chi connectivity index (χ1v) is 5.60. The summed E-state index contributed by atoms with van der Waals surface area (Å²) >= 11 is 4.82. The minimum absolute atomic E-state index is 0.0461. The average molecular weight is 302 g/mol. The van der Waals surface area contributed by atoms with Gasteiger partial charge in [0.2, 0.25) is 10.6 Å². The van der Waals surface area contributed by atoms with Crippen molar-refractivity contribution in [3.05, 3.63) is 40.2 Å². The van der Waals surface area contributed by atoms with Crippen LogP contribution in [0.1, 0.15) is 11.4 Å². The Morgan fingerprint density at radius 3 is 2.45 bits per heavy atom. The fourth-order valence-corrected chi connectivity index (χ4v) is 1.81. The van der Waals surface area contributed by atoms with E-state index in [2.05, 4.69) is 5.10 Å². The number of nitrogens with zero attached hydrogens (tertiary/aromatic N) is 4. The zero-order chi connectivity index (χ0) is 15.1. The number of hydrogen-bond acceptors (Lipinski definition) is 3. The first-order chi connectivity index (χ1) is 9.25. The highest BCUT2D eigenvalue weighted by molar-refractivity contribution is 7.71. The maximum Gasteiger partial charge on any atom is 0.451 e. The fraction of sp³-hybridized carbons (Fsp3) is 0.182. The van der Waals surface area contributed by atoms with Crippen LogP contribution < -0.4 is 0 Å². The summed E-state index contributed by atoms with van der Waals surface area (Å²) in [5, 5.41) is 11.9. The number of alkyl halides is 3. The van der Waals surface area contributed by atoms with Crippen LogP contribution in [0.2, 0.25) is 0 Å². The number of aromatic nitrogens is 3. The van der Waals surface area contributed by atoms with Gasteiger partial charge >= 0.3 is 6.18 Å². The lowest BCUT2D eigenvalue weighted by Crippen LogP contribution is -2.12. The minimum atomic E-state index is -4.70. The van der Waals surface area contributed by atoms with Gasteiger partial charge in [-0.25, -0.2) is 9.07 Å². The maximum atomic E-state index is 13.8. The molecule has 2 rings (SSSR count). The molecule has 1 aromatic carbocycles. The molecule has 0 aliphatic rings. The molecule has 0 radical (unpaired) electrons. The van der Waals surface area contributed by atoms with Gasteiger partial charge in [-0.15, -0.1) is 5.10 Å². The zero-order valence-electron chi connectivity index (χ0n) is 9.94. The quantitative estimate of drug-likeness (QED) is 0.601. The average Bonchev–Trinajstić information content (AvgIpc) is 2.66. The van der Waals surface area contributed by atoms with Crippen molar-refractivity contribution in [2.24, 2.45) is 7.05 Å². The molecule has 1 aromatic heterocycles. The highest BCUT2D eigenvalue weighted by Gasteiger charge is 2.37. The second-order valence-electron chi connectivity index (χ2n) is 3.85. The second kappa shape index (κ2) is 4.72. The smallest absolute Gasteiger partial charge is 0.299 e. The number of halogens is 4. The molecule has 20 heavy (non-hydrogen) atoms. The van der Waals surface area contributed by atoms with E-state index in [4.69, 9.17) is 17.5 Å². The Balaban J connectivity index is 2.67. The summed E-state index contributed by atoms with van der Waals surface area (Å²) in [6.45, 7) is 0. The summed E-state index contributed by atoms with van der Waals surface area (Å²) in [5.41, 5.74) is -0.204. The van der Waals surface area contributed by atoms with Crippen LogP contribution in [0.15, 0.2) is 18.2 Å². The Kier molecular flexibility index (Phi) is 3.35. The van der Waals surface area contributed by atoms with Crippen molar-refractivity contribution >= 4 is 12.2 Å². The SMILES string of the molecule is Cn1c(C(F)(F)F)nn(-c2ccc(C#N)cc2F)c1=S. The van der Waals surface area contributed by atoms with E-state index in [9.17, 15) is 17.6 Å². The van der Waals surface area contributed by atoms with Crippen molar-refractivity contribution < 1.29 is 17.6 Å². The summed E-state index contributed by atoms with van der Waals surface area (Å²) in [7, 11) is 1.09. The zero-order valence-corrected chi connectivity index (χ0v) is 10.8. The first-order valence-electron chi connectivity index (χ1n) is 5.19. The van der Waals surface area contributed by atoms with Crippen LogP contribution in [0.5, 0.6) is 0 Å². The van der Waals surface area contributed by atoms with E-state index >= 15 is 0 Å². The van der Waals surface area contributed by atoms with Crippen molar-refractivity contribution in [1.29, 1.82) is 5.26 Å². The molecule has 0 atom stereocenters. The van der Waals surface area contributed by atoms with Crippen LogP contribution in [0.3, 0.4) is 0 Å². The van der Waals surface area contributed by atoms with E-state index in [0.29, 0.717) is 9.25 Å². The summed E-state index contributed by atoms with van der Waals surface area (Å²) in [5.74, 6) is -2.11. The molecule has 0 fully saturated rings. The molecular formula is C11H6F4N4S. The lowest BCUT2D eigenvalue weighted by molar-refractivity contribution is -0.147. The molecule has 0 N–H and O–H groups in total. The molecule has 0 unspecified atom stereocenters. The normalized spacial score (nSPS) is 11.4. The van der Waals surface area contributed by atoms with Gasteiger partial charge in [0.15, 0.2) is 0 Å². The Bertz CT molecular complexity index is 766. The molecule has 2 aromatic rings. The number of hydrogen-bond donors (Lipinski definition) is 0. The van der Waals surface area contributed by atoms with Gasteiger partial charge in [-0.2, -0.15) is 18.4 Å². The van der Waals surface area contributed by atoms with Crippen LogP contribution in [0, 0.1) is 21.9 Å². The van der Waals surface area contributed by atoms with Gasteiger partial charge < -0.3 is 0 Å². The largest absolute Gasteiger partial charge is 0.451 e. The van der Waals surface area contributed by atoms with E-state index in [1.807, 2.05) is 0 Å². The van der Waals surface area contributed by atoms with Crippen molar-refractivity contribution in [3.63, 3.8) is 0 Å². The van der Waals surface area contributed by atoms with Crippen molar-refractivity contribution in [3.8, 4) is 11.8 Å². The monoisotopic (exact) mass is 302 g/mol. The molecule has 9 heteroatoms. The van der Waals surface area contributed by atoms with Crippen LogP contribution >= 0.6 is 12.2 Å². The molecule has 0 aliphatic heterocycles.